The van der Waals surface area contributed by atoms with Crippen LogP contribution in [0.5, 0.6) is 34.5 Å². The molecule has 2 aromatic rings. The number of piperidine rings is 1. The number of ether oxygens (including phenoxy) is 6. The van der Waals surface area contributed by atoms with E-state index < -0.39 is 0 Å². The molecule has 0 bridgehead atoms. The SMILES string of the molecule is COc1ccc(/C=C2\CN(C)C/C(=C\c3ccc(OC)c(OC)c3OC)C2=O)c(OC)c1OC.Cl. The molecule has 0 N–H and O–H groups in total. The quantitative estimate of drug-likeness (QED) is 0.495. The molecule has 0 radical (unpaired) electrons. The van der Waals surface area contributed by atoms with E-state index in [0.717, 1.165) is 11.1 Å². The van der Waals surface area contributed by atoms with Crippen molar-refractivity contribution in [2.24, 2.45) is 0 Å². The highest BCUT2D eigenvalue weighted by atomic mass is 35.5. The number of ketones is 1. The first kappa shape index (κ1) is 27.9. The highest BCUT2D eigenvalue weighted by Gasteiger charge is 2.26. The molecule has 35 heavy (non-hydrogen) atoms. The Bertz CT molecular complexity index is 1040. The number of likely N-dealkylation sites (tertiary alicyclic amines) is 1. The fraction of sp³-hybridized carbons (Fsp3) is 0.346. The Labute approximate surface area is 212 Å². The third-order valence-corrected chi connectivity index (χ3v) is 5.59. The van der Waals surface area contributed by atoms with Gasteiger partial charge in [0.25, 0.3) is 0 Å². The Morgan fingerprint density at radius 1 is 0.629 bits per heavy atom. The second-order valence-corrected chi connectivity index (χ2v) is 7.69. The van der Waals surface area contributed by atoms with Gasteiger partial charge in [-0.25, -0.2) is 0 Å². The standard InChI is InChI=1S/C26H31NO7.ClH/c1-27-14-18(12-16-8-10-20(29-2)25(33-6)23(16)31-4)22(28)19(15-27)13-17-9-11-21(30-3)26(34-7)24(17)32-5;/h8-13H,14-15H2,1-7H3;1H/b18-12+,19-13+;. The molecule has 0 amide bonds. The number of carbonyl (C=O) groups is 1. The fourth-order valence-electron chi connectivity index (χ4n) is 4.06. The maximum Gasteiger partial charge on any atom is 0.203 e. The topological polar surface area (TPSA) is 75.7 Å². The minimum Gasteiger partial charge on any atom is -0.493 e. The van der Waals surface area contributed by atoms with Crippen LogP contribution in [0.15, 0.2) is 35.4 Å². The van der Waals surface area contributed by atoms with E-state index in [2.05, 4.69) is 4.90 Å². The van der Waals surface area contributed by atoms with Crippen molar-refractivity contribution in [1.82, 2.24) is 4.90 Å². The summed E-state index contributed by atoms with van der Waals surface area (Å²) in [7, 11) is 11.3. The first-order valence-corrected chi connectivity index (χ1v) is 10.6. The average Bonchev–Trinajstić information content (AvgIpc) is 2.85. The zero-order valence-electron chi connectivity index (χ0n) is 21.1. The summed E-state index contributed by atoms with van der Waals surface area (Å²) in [6.07, 6.45) is 3.66. The van der Waals surface area contributed by atoms with Crippen molar-refractivity contribution in [3.8, 4) is 34.5 Å². The van der Waals surface area contributed by atoms with E-state index in [9.17, 15) is 4.79 Å². The number of likely N-dealkylation sites (N-methyl/N-ethyl adjacent to an activating group) is 1. The van der Waals surface area contributed by atoms with Crippen LogP contribution in [-0.2, 0) is 4.79 Å². The van der Waals surface area contributed by atoms with Gasteiger partial charge in [0, 0.05) is 35.4 Å². The molecule has 190 valence electrons. The second-order valence-electron chi connectivity index (χ2n) is 7.69. The summed E-state index contributed by atoms with van der Waals surface area (Å²) in [6.45, 7) is 0.994. The van der Waals surface area contributed by atoms with Crippen LogP contribution >= 0.6 is 12.4 Å². The van der Waals surface area contributed by atoms with E-state index in [1.165, 1.54) is 0 Å². The summed E-state index contributed by atoms with van der Waals surface area (Å²) in [5.74, 6) is 3.00. The predicted octanol–water partition coefficient (Wildman–Crippen LogP) is 4.14. The van der Waals surface area contributed by atoms with E-state index >= 15 is 0 Å². The molecule has 0 saturated carbocycles. The first-order chi connectivity index (χ1) is 16.4. The van der Waals surface area contributed by atoms with Crippen molar-refractivity contribution in [2.45, 2.75) is 0 Å². The van der Waals surface area contributed by atoms with E-state index in [0.29, 0.717) is 58.7 Å². The second kappa shape index (κ2) is 12.4. The maximum absolute atomic E-state index is 13.5. The van der Waals surface area contributed by atoms with Crippen LogP contribution in [-0.4, -0.2) is 73.5 Å². The number of carbonyl (C=O) groups excluding carboxylic acids is 1. The first-order valence-electron chi connectivity index (χ1n) is 10.6. The summed E-state index contributed by atoms with van der Waals surface area (Å²) in [5, 5.41) is 0. The largest absolute Gasteiger partial charge is 0.493 e. The zero-order chi connectivity index (χ0) is 24.8. The van der Waals surface area contributed by atoms with Gasteiger partial charge in [0.05, 0.1) is 42.7 Å². The van der Waals surface area contributed by atoms with E-state index in [4.69, 9.17) is 28.4 Å². The van der Waals surface area contributed by atoms with Crippen molar-refractivity contribution in [1.29, 1.82) is 0 Å². The number of rotatable bonds is 8. The van der Waals surface area contributed by atoms with Crippen molar-refractivity contribution in [3.63, 3.8) is 0 Å². The molecule has 0 aromatic heterocycles. The van der Waals surface area contributed by atoms with Crippen LogP contribution in [0.25, 0.3) is 12.2 Å². The smallest absolute Gasteiger partial charge is 0.203 e. The minimum absolute atomic E-state index is 0. The van der Waals surface area contributed by atoms with Gasteiger partial charge in [-0.2, -0.15) is 0 Å². The van der Waals surface area contributed by atoms with Crippen LogP contribution in [0.1, 0.15) is 11.1 Å². The zero-order valence-corrected chi connectivity index (χ0v) is 21.9. The Hall–Kier alpha value is -3.36. The highest BCUT2D eigenvalue weighted by molar-refractivity contribution is 6.15. The molecule has 0 atom stereocenters. The molecular weight excluding hydrogens is 474 g/mol. The summed E-state index contributed by atoms with van der Waals surface area (Å²) >= 11 is 0. The lowest BCUT2D eigenvalue weighted by atomic mass is 9.94. The van der Waals surface area contributed by atoms with E-state index in [-0.39, 0.29) is 18.2 Å². The van der Waals surface area contributed by atoms with Gasteiger partial charge in [-0.1, -0.05) is 0 Å². The lowest BCUT2D eigenvalue weighted by molar-refractivity contribution is -0.113. The van der Waals surface area contributed by atoms with Crippen LogP contribution in [0.2, 0.25) is 0 Å². The van der Waals surface area contributed by atoms with Crippen molar-refractivity contribution in [2.75, 3.05) is 62.8 Å². The number of benzene rings is 2. The highest BCUT2D eigenvalue weighted by Crippen LogP contribution is 2.42. The molecule has 0 spiro atoms. The predicted molar refractivity (Wildman–Crippen MR) is 138 cm³/mol. The summed E-state index contributed by atoms with van der Waals surface area (Å²) in [4.78, 5) is 15.5. The lowest BCUT2D eigenvalue weighted by Crippen LogP contribution is -2.34. The van der Waals surface area contributed by atoms with Crippen molar-refractivity contribution in [3.05, 3.63) is 46.5 Å². The Morgan fingerprint density at radius 3 is 1.31 bits per heavy atom. The maximum atomic E-state index is 13.5. The fourth-order valence-corrected chi connectivity index (χ4v) is 4.06. The molecule has 9 heteroatoms. The van der Waals surface area contributed by atoms with Gasteiger partial charge < -0.3 is 28.4 Å². The molecule has 2 aromatic carbocycles. The molecule has 1 aliphatic rings. The average molecular weight is 506 g/mol. The van der Waals surface area contributed by atoms with Crippen molar-refractivity contribution < 1.29 is 33.2 Å². The van der Waals surface area contributed by atoms with Crippen molar-refractivity contribution >= 4 is 30.3 Å². The molecular formula is C26H32ClNO7. The molecule has 1 fully saturated rings. The summed E-state index contributed by atoms with van der Waals surface area (Å²) in [5.41, 5.74) is 2.71. The Morgan fingerprint density at radius 2 is 1.00 bits per heavy atom. The number of Topliss-reactive ketones (excluding diaryl/α,β-unsaturated/α-hetero) is 1. The normalized spacial score (nSPS) is 16.0. The van der Waals surface area contributed by atoms with Gasteiger partial charge in [0.2, 0.25) is 11.5 Å². The summed E-state index contributed by atoms with van der Waals surface area (Å²) in [6, 6.07) is 7.26. The Kier molecular flexibility index (Phi) is 9.86. The van der Waals surface area contributed by atoms with Crippen LogP contribution in [0.4, 0.5) is 0 Å². The number of nitrogens with zero attached hydrogens (tertiary/aromatic N) is 1. The number of hydrogen-bond acceptors (Lipinski definition) is 8. The molecule has 1 heterocycles. The van der Waals surface area contributed by atoms with Gasteiger partial charge >= 0.3 is 0 Å². The molecule has 1 aliphatic heterocycles. The minimum atomic E-state index is -0.0493. The molecule has 3 rings (SSSR count). The third-order valence-electron chi connectivity index (χ3n) is 5.59. The van der Waals surface area contributed by atoms with E-state index in [1.54, 1.807) is 54.8 Å². The number of methoxy groups -OCH3 is 6. The van der Waals surface area contributed by atoms with Gasteiger partial charge in [0.1, 0.15) is 0 Å². The lowest BCUT2D eigenvalue weighted by Gasteiger charge is -2.26. The van der Waals surface area contributed by atoms with Gasteiger partial charge in [-0.05, 0) is 43.5 Å². The van der Waals surface area contributed by atoms with Gasteiger partial charge in [-0.3, -0.25) is 9.69 Å². The number of halogens is 1. The van der Waals surface area contributed by atoms with Crippen LogP contribution < -0.4 is 28.4 Å². The molecule has 8 nitrogen and oxygen atoms in total. The summed E-state index contributed by atoms with van der Waals surface area (Å²) < 4.78 is 32.8. The number of hydrogen-bond donors (Lipinski definition) is 0. The molecule has 0 aliphatic carbocycles. The van der Waals surface area contributed by atoms with Gasteiger partial charge in [-0.15, -0.1) is 12.4 Å². The van der Waals surface area contributed by atoms with Crippen LogP contribution in [0.3, 0.4) is 0 Å². The van der Waals surface area contributed by atoms with Gasteiger partial charge in [0.15, 0.2) is 28.8 Å². The monoisotopic (exact) mass is 505 g/mol. The molecule has 0 unspecified atom stereocenters. The van der Waals surface area contributed by atoms with E-state index in [1.807, 2.05) is 31.3 Å². The molecule has 1 saturated heterocycles. The van der Waals surface area contributed by atoms with Crippen LogP contribution in [0, 0.1) is 0 Å². The third kappa shape index (κ3) is 5.66. The Balaban J connectivity index is 0.00000432.